The highest BCUT2D eigenvalue weighted by molar-refractivity contribution is 5.96. The Morgan fingerprint density at radius 3 is 2.75 bits per heavy atom. The molecule has 8 heteroatoms. The Morgan fingerprint density at radius 2 is 2.00 bits per heavy atom. The van der Waals surface area contributed by atoms with E-state index in [2.05, 4.69) is 40.4 Å². The average Bonchev–Trinajstić information content (AvgIpc) is 3.46. The molecule has 3 saturated carbocycles. The molecular weight excluding hydrogens is 456 g/mol. The first kappa shape index (κ1) is 25.2. The van der Waals surface area contributed by atoms with Gasteiger partial charge in [0, 0.05) is 30.3 Å². The lowest BCUT2D eigenvalue weighted by molar-refractivity contribution is -0.159. The van der Waals surface area contributed by atoms with E-state index >= 15 is 0 Å². The van der Waals surface area contributed by atoms with E-state index < -0.39 is 5.60 Å². The molecule has 0 radical (unpaired) electrons. The molecule has 0 spiro atoms. The number of amides is 1. The van der Waals surface area contributed by atoms with E-state index in [1.165, 1.54) is 5.57 Å². The Balaban J connectivity index is 1.19. The number of rotatable bonds is 7. The molecular formula is C28H40N4O4. The number of hydrogen-bond acceptors (Lipinski definition) is 6. The van der Waals surface area contributed by atoms with Crippen LogP contribution in [0.1, 0.15) is 77.8 Å². The number of fused-ring (bicyclic) bond motifs is 5. The number of oxime groups is 1. The first-order valence-electron chi connectivity index (χ1n) is 13.5. The fourth-order valence-corrected chi connectivity index (χ4v) is 8.22. The second-order valence-electron chi connectivity index (χ2n) is 11.9. The van der Waals surface area contributed by atoms with Crippen molar-refractivity contribution in [3.8, 4) is 0 Å². The summed E-state index contributed by atoms with van der Waals surface area (Å²) in [6.45, 7) is 6.59. The van der Waals surface area contributed by atoms with Crippen molar-refractivity contribution >= 4 is 17.4 Å². The molecule has 36 heavy (non-hydrogen) atoms. The van der Waals surface area contributed by atoms with E-state index in [1.54, 1.807) is 19.4 Å². The first-order valence-corrected chi connectivity index (χ1v) is 13.5. The van der Waals surface area contributed by atoms with Crippen LogP contribution in [0.5, 0.6) is 0 Å². The maximum atomic E-state index is 12.4. The standard InChI is InChI=1S/C28H40N4O4/c1-18(33)28(35)12-8-24-22-5-4-19-14-20(6-10-26(19,2)23(22)7-11-27(24,28)3)32-36-16-25(34)30-13-9-21-15-29-17-31-21/h14-15,17,22-24,35H,4-13,16H2,1-3H3,(H,29,31)(H,30,34)/b32-20-/t22?,23?,24?,26?,27?,28-/m0/s1. The summed E-state index contributed by atoms with van der Waals surface area (Å²) >= 11 is 0. The molecule has 0 aromatic carbocycles. The highest BCUT2D eigenvalue weighted by Crippen LogP contribution is 2.67. The molecule has 1 heterocycles. The van der Waals surface area contributed by atoms with Crippen molar-refractivity contribution in [1.82, 2.24) is 15.3 Å². The van der Waals surface area contributed by atoms with Crippen LogP contribution in [0.4, 0.5) is 0 Å². The van der Waals surface area contributed by atoms with Gasteiger partial charge in [0.05, 0.1) is 12.0 Å². The van der Waals surface area contributed by atoms with Crippen molar-refractivity contribution in [2.24, 2.45) is 33.7 Å². The number of Topliss-reactive ketones (excluding diaryl/α,β-unsaturated/α-hetero) is 1. The van der Waals surface area contributed by atoms with Gasteiger partial charge >= 0.3 is 0 Å². The number of aliphatic hydroxyl groups is 1. The molecule has 0 saturated heterocycles. The fraction of sp³-hybridized carbons (Fsp3) is 0.714. The number of allylic oxidation sites excluding steroid dienone is 2. The van der Waals surface area contributed by atoms with Crippen molar-refractivity contribution < 1.29 is 19.5 Å². The number of imidazole rings is 1. The number of H-pyrrole nitrogens is 1. The van der Waals surface area contributed by atoms with E-state index in [1.807, 2.05) is 0 Å². The normalized spacial score (nSPS) is 38.5. The minimum Gasteiger partial charge on any atom is -0.385 e. The Kier molecular flexibility index (Phi) is 6.60. The molecule has 5 unspecified atom stereocenters. The summed E-state index contributed by atoms with van der Waals surface area (Å²) in [5.74, 6) is 1.31. The summed E-state index contributed by atoms with van der Waals surface area (Å²) in [5, 5.41) is 18.5. The second-order valence-corrected chi connectivity index (χ2v) is 11.9. The quantitative estimate of drug-likeness (QED) is 0.498. The summed E-state index contributed by atoms with van der Waals surface area (Å²) in [6.07, 6.45) is 13.8. The van der Waals surface area contributed by atoms with Gasteiger partial charge in [0.25, 0.3) is 5.91 Å². The van der Waals surface area contributed by atoms with Gasteiger partial charge in [-0.3, -0.25) is 9.59 Å². The van der Waals surface area contributed by atoms with Gasteiger partial charge in [-0.05, 0) is 87.5 Å². The van der Waals surface area contributed by atoms with Crippen LogP contribution in [-0.2, 0) is 20.8 Å². The Morgan fingerprint density at radius 1 is 1.19 bits per heavy atom. The number of aromatic amines is 1. The molecule has 196 valence electrons. The third-order valence-corrected chi connectivity index (χ3v) is 10.4. The Hall–Kier alpha value is -2.48. The largest absolute Gasteiger partial charge is 0.385 e. The van der Waals surface area contributed by atoms with Gasteiger partial charge in [-0.15, -0.1) is 0 Å². The van der Waals surface area contributed by atoms with Crippen LogP contribution in [0.15, 0.2) is 29.3 Å². The van der Waals surface area contributed by atoms with Crippen LogP contribution < -0.4 is 5.32 Å². The Labute approximate surface area is 213 Å². The van der Waals surface area contributed by atoms with Crippen LogP contribution in [-0.4, -0.2) is 51.2 Å². The summed E-state index contributed by atoms with van der Waals surface area (Å²) in [4.78, 5) is 36.9. The van der Waals surface area contributed by atoms with Gasteiger partial charge in [0.2, 0.25) is 0 Å². The van der Waals surface area contributed by atoms with Gasteiger partial charge in [-0.25, -0.2) is 4.98 Å². The topological polar surface area (TPSA) is 117 Å². The SMILES string of the molecule is CC(=O)[C@@]1(O)CCC2C3CCC4=C/C(=N\OCC(=O)NCCc5cnc[nH]5)CCC4(C)C3CCC21C. The average molecular weight is 497 g/mol. The van der Waals surface area contributed by atoms with E-state index in [-0.39, 0.29) is 29.1 Å². The van der Waals surface area contributed by atoms with Gasteiger partial charge in [-0.1, -0.05) is 24.6 Å². The second kappa shape index (κ2) is 9.43. The van der Waals surface area contributed by atoms with Crippen molar-refractivity contribution in [2.45, 2.75) is 84.2 Å². The molecule has 0 aliphatic heterocycles. The predicted molar refractivity (Wildman–Crippen MR) is 136 cm³/mol. The van der Waals surface area contributed by atoms with Crippen molar-refractivity contribution in [3.05, 3.63) is 29.9 Å². The molecule has 4 aliphatic carbocycles. The van der Waals surface area contributed by atoms with Crippen molar-refractivity contribution in [1.29, 1.82) is 0 Å². The fourth-order valence-electron chi connectivity index (χ4n) is 8.22. The summed E-state index contributed by atoms with van der Waals surface area (Å²) < 4.78 is 0. The number of hydrogen-bond donors (Lipinski definition) is 3. The molecule has 1 aromatic rings. The number of carbonyl (C=O) groups excluding carboxylic acids is 2. The lowest BCUT2D eigenvalue weighted by atomic mass is 9.46. The van der Waals surface area contributed by atoms with Crippen molar-refractivity contribution in [2.75, 3.05) is 13.2 Å². The molecule has 3 N–H and O–H groups in total. The van der Waals surface area contributed by atoms with E-state index in [0.717, 1.165) is 56.4 Å². The molecule has 1 aromatic heterocycles. The summed E-state index contributed by atoms with van der Waals surface area (Å²) in [5.41, 5.74) is 2.02. The molecule has 1 amide bonds. The van der Waals surface area contributed by atoms with Gasteiger partial charge in [0.1, 0.15) is 5.60 Å². The molecule has 8 nitrogen and oxygen atoms in total. The highest BCUT2D eigenvalue weighted by atomic mass is 16.6. The van der Waals surface area contributed by atoms with Crippen LogP contribution >= 0.6 is 0 Å². The first-order chi connectivity index (χ1) is 17.2. The van der Waals surface area contributed by atoms with Crippen LogP contribution in [0.3, 0.4) is 0 Å². The van der Waals surface area contributed by atoms with Crippen LogP contribution in [0, 0.1) is 28.6 Å². The zero-order chi connectivity index (χ0) is 25.6. The van der Waals surface area contributed by atoms with Crippen LogP contribution in [0.25, 0.3) is 0 Å². The number of aromatic nitrogens is 2. The molecule has 3 fully saturated rings. The monoisotopic (exact) mass is 496 g/mol. The maximum Gasteiger partial charge on any atom is 0.260 e. The molecule has 4 aliphatic rings. The zero-order valence-electron chi connectivity index (χ0n) is 21.8. The summed E-state index contributed by atoms with van der Waals surface area (Å²) in [7, 11) is 0. The lowest BCUT2D eigenvalue weighted by Crippen LogP contribution is -2.57. The number of carbonyl (C=O) groups is 2. The number of nitrogens with one attached hydrogen (secondary N) is 2. The maximum absolute atomic E-state index is 12.4. The predicted octanol–water partition coefficient (Wildman–Crippen LogP) is 3.72. The van der Waals surface area contributed by atoms with Gasteiger partial charge in [-0.2, -0.15) is 0 Å². The third-order valence-electron chi connectivity index (χ3n) is 10.4. The number of ketones is 1. The van der Waals surface area contributed by atoms with Crippen molar-refractivity contribution in [3.63, 3.8) is 0 Å². The van der Waals surface area contributed by atoms with E-state index in [4.69, 9.17) is 4.84 Å². The molecule has 6 atom stereocenters. The molecule has 5 rings (SSSR count). The minimum atomic E-state index is -1.16. The number of nitrogens with zero attached hydrogens (tertiary/aromatic N) is 2. The minimum absolute atomic E-state index is 0.0569. The summed E-state index contributed by atoms with van der Waals surface area (Å²) in [6, 6.07) is 0. The van der Waals surface area contributed by atoms with Gasteiger partial charge < -0.3 is 20.2 Å². The lowest BCUT2D eigenvalue weighted by Gasteiger charge is -2.59. The van der Waals surface area contributed by atoms with E-state index in [0.29, 0.717) is 37.1 Å². The van der Waals surface area contributed by atoms with Crippen LogP contribution in [0.2, 0.25) is 0 Å². The van der Waals surface area contributed by atoms with E-state index in [9.17, 15) is 14.7 Å². The van der Waals surface area contributed by atoms with Gasteiger partial charge in [0.15, 0.2) is 12.4 Å². The molecule has 0 bridgehead atoms. The zero-order valence-corrected chi connectivity index (χ0v) is 21.8. The third kappa shape index (κ3) is 4.11. The highest BCUT2D eigenvalue weighted by Gasteiger charge is 2.65. The smallest absolute Gasteiger partial charge is 0.260 e. The Bertz CT molecular complexity index is 1070.